The first kappa shape index (κ1) is 18.8. The monoisotopic (exact) mass is 357 g/mol. The quantitative estimate of drug-likeness (QED) is 0.493. The number of carbonyl (C=O) groups excluding carboxylic acids is 3. The SMILES string of the molecule is C=CCNC(=O)NC(=O)COC(=O)c1ccccc1NCc1ccco1. The van der Waals surface area contributed by atoms with Gasteiger partial charge in [-0.05, 0) is 24.3 Å². The molecule has 1 heterocycles. The molecule has 0 aliphatic rings. The molecular formula is C18H19N3O5. The van der Waals surface area contributed by atoms with E-state index in [0.717, 1.165) is 0 Å². The lowest BCUT2D eigenvalue weighted by molar-refractivity contribution is -0.123. The Morgan fingerprint density at radius 1 is 1.15 bits per heavy atom. The number of hydrogen-bond acceptors (Lipinski definition) is 6. The molecule has 8 heteroatoms. The number of anilines is 1. The molecule has 3 amide bonds. The van der Waals surface area contributed by atoms with Crippen LogP contribution in [0.5, 0.6) is 0 Å². The van der Waals surface area contributed by atoms with E-state index in [2.05, 4.69) is 17.2 Å². The fraction of sp³-hybridized carbons (Fsp3) is 0.167. The summed E-state index contributed by atoms with van der Waals surface area (Å²) in [6.45, 7) is 3.47. The van der Waals surface area contributed by atoms with Crippen molar-refractivity contribution in [3.63, 3.8) is 0 Å². The fourth-order valence-electron chi connectivity index (χ4n) is 1.99. The summed E-state index contributed by atoms with van der Waals surface area (Å²) < 4.78 is 10.2. The first-order chi connectivity index (χ1) is 12.6. The molecule has 0 fully saturated rings. The number of urea groups is 1. The van der Waals surface area contributed by atoms with Crippen molar-refractivity contribution in [3.05, 3.63) is 66.6 Å². The maximum atomic E-state index is 12.2. The predicted octanol–water partition coefficient (Wildman–Crippen LogP) is 2.06. The molecule has 2 rings (SSSR count). The van der Waals surface area contributed by atoms with Gasteiger partial charge in [0.15, 0.2) is 6.61 Å². The lowest BCUT2D eigenvalue weighted by atomic mass is 10.2. The van der Waals surface area contributed by atoms with Crippen molar-refractivity contribution >= 4 is 23.6 Å². The summed E-state index contributed by atoms with van der Waals surface area (Å²) in [5.74, 6) is -0.715. The minimum Gasteiger partial charge on any atom is -0.467 e. The molecule has 0 spiro atoms. The molecule has 0 saturated carbocycles. The van der Waals surface area contributed by atoms with Crippen LogP contribution in [0.15, 0.2) is 59.7 Å². The van der Waals surface area contributed by atoms with Gasteiger partial charge in [-0.2, -0.15) is 0 Å². The molecule has 0 unspecified atom stereocenters. The van der Waals surface area contributed by atoms with Crippen molar-refractivity contribution < 1.29 is 23.5 Å². The number of amides is 3. The Morgan fingerprint density at radius 3 is 2.69 bits per heavy atom. The maximum Gasteiger partial charge on any atom is 0.340 e. The third-order valence-electron chi connectivity index (χ3n) is 3.17. The van der Waals surface area contributed by atoms with Gasteiger partial charge in [0, 0.05) is 12.2 Å². The van der Waals surface area contributed by atoms with Crippen molar-refractivity contribution in [1.29, 1.82) is 0 Å². The maximum absolute atomic E-state index is 12.2. The standard InChI is InChI=1S/C18H19N3O5/c1-2-9-19-18(24)21-16(22)12-26-17(23)14-7-3-4-8-15(14)20-11-13-6-5-10-25-13/h2-8,10,20H,1,9,11-12H2,(H2,19,21,22,24). The molecule has 26 heavy (non-hydrogen) atoms. The van der Waals surface area contributed by atoms with Crippen LogP contribution in [0, 0.1) is 0 Å². The van der Waals surface area contributed by atoms with E-state index in [0.29, 0.717) is 18.0 Å². The number of ether oxygens (including phenoxy) is 1. The van der Waals surface area contributed by atoms with E-state index in [1.165, 1.54) is 6.08 Å². The zero-order valence-electron chi connectivity index (χ0n) is 14.0. The molecule has 3 N–H and O–H groups in total. The number of rotatable bonds is 8. The first-order valence-corrected chi connectivity index (χ1v) is 7.81. The van der Waals surface area contributed by atoms with Crippen LogP contribution in [0.2, 0.25) is 0 Å². The van der Waals surface area contributed by atoms with Crippen molar-refractivity contribution in [3.8, 4) is 0 Å². The minimum atomic E-state index is -0.735. The number of hydrogen-bond donors (Lipinski definition) is 3. The van der Waals surface area contributed by atoms with Gasteiger partial charge in [-0.3, -0.25) is 10.1 Å². The van der Waals surface area contributed by atoms with E-state index < -0.39 is 24.5 Å². The van der Waals surface area contributed by atoms with Gasteiger partial charge in [0.2, 0.25) is 0 Å². The average molecular weight is 357 g/mol. The molecular weight excluding hydrogens is 338 g/mol. The van der Waals surface area contributed by atoms with E-state index in [-0.39, 0.29) is 12.1 Å². The zero-order chi connectivity index (χ0) is 18.8. The second kappa shape index (κ2) is 9.67. The molecule has 0 aliphatic carbocycles. The van der Waals surface area contributed by atoms with Gasteiger partial charge in [0.25, 0.3) is 5.91 Å². The number of imide groups is 1. The Kier molecular flexibility index (Phi) is 6.99. The van der Waals surface area contributed by atoms with Crippen LogP contribution >= 0.6 is 0 Å². The molecule has 0 bridgehead atoms. The van der Waals surface area contributed by atoms with Gasteiger partial charge < -0.3 is 19.8 Å². The largest absolute Gasteiger partial charge is 0.467 e. The Labute approximate surface area is 150 Å². The van der Waals surface area contributed by atoms with Crippen LogP contribution in [0.4, 0.5) is 10.5 Å². The highest BCUT2D eigenvalue weighted by Crippen LogP contribution is 2.17. The highest BCUT2D eigenvalue weighted by Gasteiger charge is 2.15. The Morgan fingerprint density at radius 2 is 1.96 bits per heavy atom. The molecule has 8 nitrogen and oxygen atoms in total. The molecule has 0 saturated heterocycles. The molecule has 0 aliphatic heterocycles. The summed E-state index contributed by atoms with van der Waals surface area (Å²) in [6.07, 6.45) is 3.03. The number of furan rings is 1. The number of nitrogens with one attached hydrogen (secondary N) is 3. The Hall–Kier alpha value is -3.55. The Bertz CT molecular complexity index is 771. The lowest BCUT2D eigenvalue weighted by Crippen LogP contribution is -2.41. The number of para-hydroxylation sites is 1. The zero-order valence-corrected chi connectivity index (χ0v) is 14.0. The molecule has 0 atom stereocenters. The summed E-state index contributed by atoms with van der Waals surface area (Å²) in [5, 5.41) is 7.48. The topological polar surface area (TPSA) is 110 Å². The van der Waals surface area contributed by atoms with E-state index in [4.69, 9.17) is 9.15 Å². The fourth-order valence-corrected chi connectivity index (χ4v) is 1.99. The van der Waals surface area contributed by atoms with E-state index in [1.807, 2.05) is 5.32 Å². The summed E-state index contributed by atoms with van der Waals surface area (Å²) >= 11 is 0. The molecule has 1 aromatic heterocycles. The average Bonchev–Trinajstić information content (AvgIpc) is 3.16. The summed E-state index contributed by atoms with van der Waals surface area (Å²) in [5.41, 5.74) is 0.806. The highest BCUT2D eigenvalue weighted by atomic mass is 16.5. The minimum absolute atomic E-state index is 0.216. The van der Waals surface area contributed by atoms with Crippen molar-refractivity contribution in [2.24, 2.45) is 0 Å². The van der Waals surface area contributed by atoms with E-state index in [9.17, 15) is 14.4 Å². The van der Waals surface area contributed by atoms with Crippen LogP contribution in [0.25, 0.3) is 0 Å². The summed E-state index contributed by atoms with van der Waals surface area (Å²) in [6, 6.07) is 9.60. The van der Waals surface area contributed by atoms with E-state index in [1.54, 1.807) is 42.7 Å². The highest BCUT2D eigenvalue weighted by molar-refractivity contribution is 5.99. The summed E-state index contributed by atoms with van der Waals surface area (Å²) in [7, 11) is 0. The second-order valence-corrected chi connectivity index (χ2v) is 5.10. The first-order valence-electron chi connectivity index (χ1n) is 7.81. The van der Waals surface area contributed by atoms with Gasteiger partial charge in [0.05, 0.1) is 18.4 Å². The molecule has 1 aromatic carbocycles. The van der Waals surface area contributed by atoms with Gasteiger partial charge in [-0.25, -0.2) is 9.59 Å². The summed E-state index contributed by atoms with van der Waals surface area (Å²) in [4.78, 5) is 35.2. The molecule has 2 aromatic rings. The van der Waals surface area contributed by atoms with Gasteiger partial charge >= 0.3 is 12.0 Å². The number of benzene rings is 1. The van der Waals surface area contributed by atoms with Crippen molar-refractivity contribution in [1.82, 2.24) is 10.6 Å². The second-order valence-electron chi connectivity index (χ2n) is 5.10. The lowest BCUT2D eigenvalue weighted by Gasteiger charge is -2.11. The van der Waals surface area contributed by atoms with Gasteiger partial charge in [-0.1, -0.05) is 18.2 Å². The third-order valence-corrected chi connectivity index (χ3v) is 3.17. The van der Waals surface area contributed by atoms with Crippen molar-refractivity contribution in [2.75, 3.05) is 18.5 Å². The van der Waals surface area contributed by atoms with Gasteiger partial charge in [0.1, 0.15) is 5.76 Å². The number of esters is 1. The Balaban J connectivity index is 1.87. The number of carbonyl (C=O) groups is 3. The smallest absolute Gasteiger partial charge is 0.340 e. The van der Waals surface area contributed by atoms with E-state index >= 15 is 0 Å². The van der Waals surface area contributed by atoms with Crippen LogP contribution in [-0.2, 0) is 16.1 Å². The van der Waals surface area contributed by atoms with Gasteiger partial charge in [-0.15, -0.1) is 6.58 Å². The normalized spacial score (nSPS) is 9.85. The third kappa shape index (κ3) is 5.82. The van der Waals surface area contributed by atoms with Crippen LogP contribution in [-0.4, -0.2) is 31.1 Å². The van der Waals surface area contributed by atoms with Crippen molar-refractivity contribution in [2.45, 2.75) is 6.54 Å². The molecule has 0 radical (unpaired) electrons. The van der Waals surface area contributed by atoms with Crippen LogP contribution in [0.3, 0.4) is 0 Å². The van der Waals surface area contributed by atoms with Crippen LogP contribution in [0.1, 0.15) is 16.1 Å². The molecule has 136 valence electrons. The van der Waals surface area contributed by atoms with Crippen LogP contribution < -0.4 is 16.0 Å². The predicted molar refractivity (Wildman–Crippen MR) is 94.5 cm³/mol.